The molecule has 0 aliphatic carbocycles. The summed E-state index contributed by atoms with van der Waals surface area (Å²) in [7, 11) is 1.59. The molecule has 0 atom stereocenters. The summed E-state index contributed by atoms with van der Waals surface area (Å²) in [6.45, 7) is 6.61. The third kappa shape index (κ3) is 3.79. The van der Waals surface area contributed by atoms with E-state index < -0.39 is 0 Å². The van der Waals surface area contributed by atoms with Crippen LogP contribution in [0, 0.1) is 0 Å². The molecule has 0 bridgehead atoms. The highest BCUT2D eigenvalue weighted by Crippen LogP contribution is 2.31. The number of methoxy groups -OCH3 is 1. The molecule has 5 heteroatoms. The van der Waals surface area contributed by atoms with Gasteiger partial charge in [0, 0.05) is 12.2 Å². The fourth-order valence-corrected chi connectivity index (χ4v) is 3.24. The first kappa shape index (κ1) is 19.7. The lowest BCUT2D eigenvalue weighted by Crippen LogP contribution is -2.33. The minimum atomic E-state index is -0.286. The number of nitrogens with one attached hydrogen (secondary N) is 1. The van der Waals surface area contributed by atoms with Gasteiger partial charge in [-0.3, -0.25) is 14.5 Å². The Hall–Kier alpha value is -3.08. The predicted octanol–water partition coefficient (Wildman–Crippen LogP) is 4.42. The Bertz CT molecular complexity index is 896. The van der Waals surface area contributed by atoms with Gasteiger partial charge in [-0.2, -0.15) is 0 Å². The molecule has 0 unspecified atom stereocenters. The van der Waals surface area contributed by atoms with Crippen molar-refractivity contribution in [1.82, 2.24) is 4.90 Å². The quantitative estimate of drug-likeness (QED) is 0.725. The van der Waals surface area contributed by atoms with Gasteiger partial charge in [0.2, 0.25) is 0 Å². The lowest BCUT2D eigenvalue weighted by molar-refractivity contribution is -0.136. The molecule has 1 aliphatic heterocycles. The molecule has 1 heterocycles. The molecule has 0 fully saturated rings. The molecule has 1 N–H and O–H groups in total. The van der Waals surface area contributed by atoms with Crippen molar-refractivity contribution in [2.45, 2.75) is 33.1 Å². The molecule has 5 nitrogen and oxygen atoms in total. The summed E-state index contributed by atoms with van der Waals surface area (Å²) in [6.07, 6.45) is 0.712. The number of nitrogens with zero attached hydrogens (tertiary/aromatic N) is 1. The molecule has 28 heavy (non-hydrogen) atoms. The fourth-order valence-electron chi connectivity index (χ4n) is 3.24. The Morgan fingerprint density at radius 2 is 1.61 bits per heavy atom. The van der Waals surface area contributed by atoms with E-state index in [0.717, 1.165) is 5.69 Å². The maximum atomic E-state index is 13.0. The van der Waals surface area contributed by atoms with E-state index in [-0.39, 0.29) is 11.8 Å². The SMILES string of the molecule is CCCN1C(=O)C(Nc2ccc(C(C)C)cc2)=C(c2ccc(OC)cc2)C1=O. The van der Waals surface area contributed by atoms with Crippen molar-refractivity contribution in [3.05, 3.63) is 65.4 Å². The first-order chi connectivity index (χ1) is 13.5. The lowest BCUT2D eigenvalue weighted by atomic mass is 10.0. The number of hydrogen-bond donors (Lipinski definition) is 1. The van der Waals surface area contributed by atoms with Crippen molar-refractivity contribution >= 4 is 23.1 Å². The summed E-state index contributed by atoms with van der Waals surface area (Å²) in [5.41, 5.74) is 3.41. The van der Waals surface area contributed by atoms with Gasteiger partial charge in [-0.05, 0) is 47.7 Å². The molecule has 2 aromatic carbocycles. The van der Waals surface area contributed by atoms with E-state index >= 15 is 0 Å². The second-order valence-electron chi connectivity index (χ2n) is 7.14. The van der Waals surface area contributed by atoms with Crippen LogP contribution in [-0.2, 0) is 9.59 Å². The zero-order valence-electron chi connectivity index (χ0n) is 16.8. The molecule has 0 radical (unpaired) electrons. The normalized spacial score (nSPS) is 14.2. The zero-order chi connectivity index (χ0) is 20.3. The largest absolute Gasteiger partial charge is 0.497 e. The van der Waals surface area contributed by atoms with Crippen LogP contribution in [0.2, 0.25) is 0 Å². The number of anilines is 1. The number of hydrogen-bond acceptors (Lipinski definition) is 4. The van der Waals surface area contributed by atoms with E-state index in [2.05, 4.69) is 19.2 Å². The minimum absolute atomic E-state index is 0.265. The Balaban J connectivity index is 2.00. The Labute approximate surface area is 166 Å². The molecule has 2 amide bonds. The van der Waals surface area contributed by atoms with Crippen molar-refractivity contribution in [3.8, 4) is 5.75 Å². The minimum Gasteiger partial charge on any atom is -0.497 e. The second kappa shape index (κ2) is 8.30. The van der Waals surface area contributed by atoms with Crippen LogP contribution in [0.25, 0.3) is 5.57 Å². The van der Waals surface area contributed by atoms with Crippen molar-refractivity contribution in [2.24, 2.45) is 0 Å². The molecule has 0 aromatic heterocycles. The van der Waals surface area contributed by atoms with Crippen LogP contribution in [0.1, 0.15) is 44.2 Å². The number of carbonyl (C=O) groups is 2. The molecular formula is C23H26N2O3. The number of carbonyl (C=O) groups excluding carboxylic acids is 2. The number of rotatable bonds is 7. The van der Waals surface area contributed by atoms with Crippen molar-refractivity contribution in [2.75, 3.05) is 19.0 Å². The van der Waals surface area contributed by atoms with Crippen LogP contribution in [0.15, 0.2) is 54.2 Å². The number of imide groups is 1. The Morgan fingerprint density at radius 3 is 2.14 bits per heavy atom. The van der Waals surface area contributed by atoms with Gasteiger partial charge in [0.1, 0.15) is 11.4 Å². The third-order valence-corrected chi connectivity index (χ3v) is 4.84. The monoisotopic (exact) mass is 378 g/mol. The summed E-state index contributed by atoms with van der Waals surface area (Å²) >= 11 is 0. The maximum Gasteiger partial charge on any atom is 0.278 e. The third-order valence-electron chi connectivity index (χ3n) is 4.84. The molecule has 0 saturated heterocycles. The molecule has 0 spiro atoms. The number of amides is 2. The van der Waals surface area contributed by atoms with Gasteiger partial charge in [-0.15, -0.1) is 0 Å². The van der Waals surface area contributed by atoms with Crippen LogP contribution in [0.5, 0.6) is 5.75 Å². The smallest absolute Gasteiger partial charge is 0.278 e. The van der Waals surface area contributed by atoms with Crippen LogP contribution >= 0.6 is 0 Å². The molecule has 0 saturated carbocycles. The van der Waals surface area contributed by atoms with Gasteiger partial charge in [0.05, 0.1) is 12.7 Å². The van der Waals surface area contributed by atoms with E-state index in [1.165, 1.54) is 10.5 Å². The number of ether oxygens (including phenoxy) is 1. The molecular weight excluding hydrogens is 352 g/mol. The Morgan fingerprint density at radius 1 is 0.964 bits per heavy atom. The fraction of sp³-hybridized carbons (Fsp3) is 0.304. The summed E-state index contributed by atoms with van der Waals surface area (Å²) in [6, 6.07) is 15.1. The van der Waals surface area contributed by atoms with Gasteiger partial charge in [0.25, 0.3) is 11.8 Å². The molecule has 1 aliphatic rings. The highest BCUT2D eigenvalue weighted by Gasteiger charge is 2.38. The van der Waals surface area contributed by atoms with Gasteiger partial charge in [-0.1, -0.05) is 45.0 Å². The molecule has 2 aromatic rings. The van der Waals surface area contributed by atoms with Gasteiger partial charge in [-0.25, -0.2) is 0 Å². The highest BCUT2D eigenvalue weighted by atomic mass is 16.5. The lowest BCUT2D eigenvalue weighted by Gasteiger charge is -2.14. The van der Waals surface area contributed by atoms with Crippen LogP contribution in [-0.4, -0.2) is 30.4 Å². The highest BCUT2D eigenvalue weighted by molar-refractivity contribution is 6.36. The number of benzene rings is 2. The van der Waals surface area contributed by atoms with Gasteiger partial charge < -0.3 is 10.1 Å². The standard InChI is InChI=1S/C23H26N2O3/c1-5-14-25-22(26)20(17-8-12-19(28-4)13-9-17)21(23(25)27)24-18-10-6-16(7-11-18)15(2)3/h6-13,15,24H,5,14H2,1-4H3. The van der Waals surface area contributed by atoms with E-state index in [0.29, 0.717) is 41.5 Å². The van der Waals surface area contributed by atoms with E-state index in [4.69, 9.17) is 4.74 Å². The molecule has 3 rings (SSSR count). The topological polar surface area (TPSA) is 58.6 Å². The summed E-state index contributed by atoms with van der Waals surface area (Å²) in [5.74, 6) is 0.576. The van der Waals surface area contributed by atoms with Crippen molar-refractivity contribution in [1.29, 1.82) is 0 Å². The summed E-state index contributed by atoms with van der Waals surface area (Å²) < 4.78 is 5.20. The maximum absolute atomic E-state index is 13.0. The first-order valence-corrected chi connectivity index (χ1v) is 9.58. The van der Waals surface area contributed by atoms with Crippen LogP contribution in [0.4, 0.5) is 5.69 Å². The van der Waals surface area contributed by atoms with E-state index in [1.54, 1.807) is 31.4 Å². The molecule has 146 valence electrons. The van der Waals surface area contributed by atoms with Crippen LogP contribution in [0.3, 0.4) is 0 Å². The second-order valence-corrected chi connectivity index (χ2v) is 7.14. The predicted molar refractivity (Wildman–Crippen MR) is 111 cm³/mol. The summed E-state index contributed by atoms with van der Waals surface area (Å²) in [4.78, 5) is 27.2. The summed E-state index contributed by atoms with van der Waals surface area (Å²) in [5, 5.41) is 3.19. The van der Waals surface area contributed by atoms with Crippen LogP contribution < -0.4 is 10.1 Å². The van der Waals surface area contributed by atoms with Gasteiger partial charge in [0.15, 0.2) is 0 Å². The van der Waals surface area contributed by atoms with Gasteiger partial charge >= 0.3 is 0 Å². The van der Waals surface area contributed by atoms with Crippen molar-refractivity contribution < 1.29 is 14.3 Å². The Kier molecular flexibility index (Phi) is 5.83. The average Bonchev–Trinajstić information content (AvgIpc) is 2.93. The zero-order valence-corrected chi connectivity index (χ0v) is 16.8. The van der Waals surface area contributed by atoms with E-state index in [1.807, 2.05) is 31.2 Å². The van der Waals surface area contributed by atoms with Crippen molar-refractivity contribution in [3.63, 3.8) is 0 Å². The van der Waals surface area contributed by atoms with E-state index in [9.17, 15) is 9.59 Å². The average molecular weight is 378 g/mol. The first-order valence-electron chi connectivity index (χ1n) is 9.58.